The third-order valence-corrected chi connectivity index (χ3v) is 11.2. The Balaban J connectivity index is 1.38. The molecule has 9 nitrogen and oxygen atoms in total. The number of hydrogen-bond acceptors (Lipinski definition) is 5. The topological polar surface area (TPSA) is 133 Å². The lowest BCUT2D eigenvalue weighted by molar-refractivity contribution is -0.145. The number of benzene rings is 2. The van der Waals surface area contributed by atoms with Crippen molar-refractivity contribution in [2.45, 2.75) is 89.0 Å². The van der Waals surface area contributed by atoms with Crippen molar-refractivity contribution in [3.63, 3.8) is 0 Å². The summed E-state index contributed by atoms with van der Waals surface area (Å²) in [7, 11) is 0.161. The second-order valence-corrected chi connectivity index (χ2v) is 15.0. The number of methoxy groups -OCH3 is 1. The number of carbonyl (C=O) groups excluding carboxylic acids is 3. The molecule has 0 radical (unpaired) electrons. The van der Waals surface area contributed by atoms with Crippen molar-refractivity contribution < 1.29 is 23.3 Å². The summed E-state index contributed by atoms with van der Waals surface area (Å²) < 4.78 is 18.7. The smallest absolute Gasteiger partial charge is 0.328 e. The van der Waals surface area contributed by atoms with Crippen LogP contribution in [0.2, 0.25) is 0 Å². The third kappa shape index (κ3) is 8.91. The Morgan fingerprint density at radius 2 is 1.34 bits per heavy atom. The fourth-order valence-corrected chi connectivity index (χ4v) is 8.62. The summed E-state index contributed by atoms with van der Waals surface area (Å²) in [6.07, 6.45) is 11.0. The molecule has 10 heteroatoms. The highest BCUT2D eigenvalue weighted by Gasteiger charge is 2.32. The molecule has 2 aromatic carbocycles. The third-order valence-electron chi connectivity index (χ3n) is 9.30. The first-order valence-electron chi connectivity index (χ1n) is 16.9. The summed E-state index contributed by atoms with van der Waals surface area (Å²) in [5.74, 6) is -1.35. The van der Waals surface area contributed by atoms with E-state index >= 15 is 0 Å². The highest BCUT2D eigenvalue weighted by atomic mass is 32.2. The number of rotatable bonds is 14. The van der Waals surface area contributed by atoms with Crippen molar-refractivity contribution in [1.82, 2.24) is 20.6 Å². The molecule has 1 fully saturated rings. The van der Waals surface area contributed by atoms with Crippen molar-refractivity contribution in [3.05, 3.63) is 72.1 Å². The maximum atomic E-state index is 14.1. The normalized spacial score (nSPS) is 16.8. The minimum atomic E-state index is -1.14. The van der Waals surface area contributed by atoms with E-state index in [-0.39, 0.29) is 35.7 Å². The van der Waals surface area contributed by atoms with Crippen LogP contribution in [0.3, 0.4) is 0 Å². The number of para-hydroxylation sites is 2. The standard InChI is InChI=1S/C37H48N4O5S/c1-24(2)18-27(23-47(45)28-12-6-4-5-7-13-28)35(42)40-33(19-25-21-38-31-16-10-8-14-29(25)31)36(43)41-34(37(44)46-3)20-26-22-39-32-17-11-9-15-30(26)32/h8-11,14-17,21-22,24,27-28,33-34,38-39H,4-7,12-13,18-20,23H2,1-3H3,(H,40,42)(H,41,43). The van der Waals surface area contributed by atoms with E-state index in [0.29, 0.717) is 6.42 Å². The molecule has 4 unspecified atom stereocenters. The molecule has 1 aliphatic carbocycles. The molecule has 5 rings (SSSR count). The number of ether oxygens (including phenoxy) is 1. The SMILES string of the molecule is COC(=O)C(Cc1c[nH]c2ccccc12)NC(=O)C(Cc1c[nH]c2ccccc12)NC(=O)C(CC(C)C)CS(=O)C1CCCCCC1. The van der Waals surface area contributed by atoms with Crippen LogP contribution >= 0.6 is 0 Å². The quantitative estimate of drug-likeness (QED) is 0.102. The van der Waals surface area contributed by atoms with Gasteiger partial charge in [-0.3, -0.25) is 13.8 Å². The van der Waals surface area contributed by atoms with E-state index in [2.05, 4.69) is 34.4 Å². The summed E-state index contributed by atoms with van der Waals surface area (Å²) in [6.45, 7) is 4.10. The van der Waals surface area contributed by atoms with E-state index in [4.69, 9.17) is 4.74 Å². The highest BCUT2D eigenvalue weighted by molar-refractivity contribution is 7.85. The summed E-state index contributed by atoms with van der Waals surface area (Å²) >= 11 is 0. The van der Waals surface area contributed by atoms with Crippen molar-refractivity contribution in [1.29, 1.82) is 0 Å². The largest absolute Gasteiger partial charge is 0.467 e. The monoisotopic (exact) mass is 660 g/mol. The van der Waals surface area contributed by atoms with Gasteiger partial charge in [0.1, 0.15) is 12.1 Å². The molecule has 1 aliphatic rings. The lowest BCUT2D eigenvalue weighted by Crippen LogP contribution is -2.54. The predicted molar refractivity (Wildman–Crippen MR) is 187 cm³/mol. The Morgan fingerprint density at radius 3 is 1.89 bits per heavy atom. The van der Waals surface area contributed by atoms with E-state index in [9.17, 15) is 18.6 Å². The Bertz CT molecular complexity index is 1690. The van der Waals surface area contributed by atoms with E-state index in [1.807, 2.05) is 60.9 Å². The molecule has 2 aromatic heterocycles. The first-order valence-corrected chi connectivity index (χ1v) is 18.3. The van der Waals surface area contributed by atoms with Crippen molar-refractivity contribution >= 4 is 50.4 Å². The number of nitrogens with one attached hydrogen (secondary N) is 4. The lowest BCUT2D eigenvalue weighted by atomic mass is 9.96. The number of carbonyl (C=O) groups is 3. The van der Waals surface area contributed by atoms with Crippen LogP contribution in [0.5, 0.6) is 0 Å². The van der Waals surface area contributed by atoms with Gasteiger partial charge >= 0.3 is 5.97 Å². The average Bonchev–Trinajstić information content (AvgIpc) is 3.55. The zero-order valence-corrected chi connectivity index (χ0v) is 28.5. The predicted octanol–water partition coefficient (Wildman–Crippen LogP) is 5.71. The molecule has 252 valence electrons. The fourth-order valence-electron chi connectivity index (χ4n) is 6.81. The van der Waals surface area contributed by atoms with Gasteiger partial charge in [-0.2, -0.15) is 0 Å². The van der Waals surface area contributed by atoms with Gasteiger partial charge in [-0.05, 0) is 48.4 Å². The molecule has 4 N–H and O–H groups in total. The number of fused-ring (bicyclic) bond motifs is 2. The van der Waals surface area contributed by atoms with E-state index in [1.165, 1.54) is 20.0 Å². The van der Waals surface area contributed by atoms with Crippen molar-refractivity contribution in [2.24, 2.45) is 11.8 Å². The molecule has 4 aromatic rings. The van der Waals surface area contributed by atoms with Gasteiger partial charge in [-0.1, -0.05) is 75.9 Å². The molecule has 0 spiro atoms. The molecule has 2 amide bonds. The lowest BCUT2D eigenvalue weighted by Gasteiger charge is -2.26. The summed E-state index contributed by atoms with van der Waals surface area (Å²) in [6, 6.07) is 13.6. The Labute approximate surface area is 279 Å². The Hall–Kier alpha value is -3.92. The van der Waals surface area contributed by atoms with Crippen LogP contribution in [0.25, 0.3) is 21.8 Å². The Kier molecular flexibility index (Phi) is 11.9. The van der Waals surface area contributed by atoms with E-state index in [0.717, 1.165) is 58.6 Å². The minimum Gasteiger partial charge on any atom is -0.467 e. The number of esters is 1. The second-order valence-electron chi connectivity index (χ2n) is 13.3. The molecular weight excluding hydrogens is 612 g/mol. The van der Waals surface area contributed by atoms with Gasteiger partial charge in [0.05, 0.1) is 7.11 Å². The number of aromatic nitrogens is 2. The van der Waals surface area contributed by atoms with Crippen LogP contribution in [-0.2, 0) is 42.8 Å². The second kappa shape index (κ2) is 16.3. The molecule has 2 heterocycles. The molecule has 4 atom stereocenters. The first kappa shape index (κ1) is 34.4. The highest BCUT2D eigenvalue weighted by Crippen LogP contribution is 2.25. The summed E-state index contributed by atoms with van der Waals surface area (Å²) in [4.78, 5) is 47.6. The van der Waals surface area contributed by atoms with Gasteiger partial charge in [0.15, 0.2) is 0 Å². The molecule has 1 saturated carbocycles. The summed E-state index contributed by atoms with van der Waals surface area (Å²) in [5.41, 5.74) is 3.59. The molecule has 0 saturated heterocycles. The van der Waals surface area contributed by atoms with Gasteiger partial charge in [0.2, 0.25) is 11.8 Å². The van der Waals surface area contributed by atoms with Crippen LogP contribution in [-0.4, -0.2) is 62.2 Å². The Morgan fingerprint density at radius 1 is 0.809 bits per heavy atom. The van der Waals surface area contributed by atoms with Gasteiger partial charge in [-0.15, -0.1) is 0 Å². The van der Waals surface area contributed by atoms with Crippen molar-refractivity contribution in [3.8, 4) is 0 Å². The van der Waals surface area contributed by atoms with E-state index in [1.54, 1.807) is 0 Å². The maximum Gasteiger partial charge on any atom is 0.328 e. The van der Waals surface area contributed by atoms with Gasteiger partial charge < -0.3 is 25.3 Å². The number of H-pyrrole nitrogens is 2. The van der Waals surface area contributed by atoms with Crippen LogP contribution < -0.4 is 10.6 Å². The number of aromatic amines is 2. The van der Waals surface area contributed by atoms with Gasteiger partial charge in [0.25, 0.3) is 0 Å². The number of hydrogen-bond donors (Lipinski definition) is 4. The zero-order valence-electron chi connectivity index (χ0n) is 27.7. The van der Waals surface area contributed by atoms with Crippen LogP contribution in [0.1, 0.15) is 69.9 Å². The van der Waals surface area contributed by atoms with Crippen LogP contribution in [0.4, 0.5) is 0 Å². The van der Waals surface area contributed by atoms with Crippen LogP contribution in [0.15, 0.2) is 60.9 Å². The van der Waals surface area contributed by atoms with Crippen molar-refractivity contribution in [2.75, 3.05) is 12.9 Å². The van der Waals surface area contributed by atoms with Crippen LogP contribution in [0, 0.1) is 11.8 Å². The van der Waals surface area contributed by atoms with E-state index < -0.39 is 40.7 Å². The van der Waals surface area contributed by atoms with Gasteiger partial charge in [-0.25, -0.2) is 4.79 Å². The first-order chi connectivity index (χ1) is 22.7. The van der Waals surface area contributed by atoms with Gasteiger partial charge in [0, 0.05) is 74.8 Å². The summed E-state index contributed by atoms with van der Waals surface area (Å²) in [5, 5.41) is 7.96. The molecule has 47 heavy (non-hydrogen) atoms. The molecular formula is C37H48N4O5S. The minimum absolute atomic E-state index is 0.107. The maximum absolute atomic E-state index is 14.1. The molecule has 0 aliphatic heterocycles. The fraction of sp³-hybridized carbons (Fsp3) is 0.486. The molecule has 0 bridgehead atoms. The average molecular weight is 661 g/mol. The zero-order chi connectivity index (χ0) is 33.3. The number of amides is 2.